The van der Waals surface area contributed by atoms with E-state index in [9.17, 15) is 9.59 Å². The van der Waals surface area contributed by atoms with Crippen LogP contribution in [0.5, 0.6) is 5.75 Å². The number of ether oxygens (including phenoxy) is 1. The van der Waals surface area contributed by atoms with Crippen LogP contribution >= 0.6 is 0 Å². The van der Waals surface area contributed by atoms with Crippen molar-refractivity contribution < 1.29 is 18.8 Å². The second-order valence-corrected chi connectivity index (χ2v) is 11.3. The molecule has 0 aliphatic rings. The summed E-state index contributed by atoms with van der Waals surface area (Å²) < 4.78 is 11.1. The molecule has 6 nitrogen and oxygen atoms in total. The van der Waals surface area contributed by atoms with Gasteiger partial charge in [-0.2, -0.15) is 0 Å². The molecule has 0 radical (unpaired) electrons. The Morgan fingerprint density at radius 1 is 1.04 bits per heavy atom. The molecule has 0 aromatic heterocycles. The van der Waals surface area contributed by atoms with Crippen LogP contribution in [-0.2, 0) is 4.43 Å². The quantitative estimate of drug-likeness (QED) is 0.278. The Morgan fingerprint density at radius 2 is 1.79 bits per heavy atom. The average molecular weight is 401 g/mol. The van der Waals surface area contributed by atoms with Crippen LogP contribution in [0, 0.1) is 0 Å². The van der Waals surface area contributed by atoms with Crippen LogP contribution in [0.3, 0.4) is 0 Å². The topological polar surface area (TPSA) is 76.7 Å². The van der Waals surface area contributed by atoms with Crippen LogP contribution in [0.4, 0.5) is 10.5 Å². The molecule has 0 spiro atoms. The van der Waals surface area contributed by atoms with E-state index in [0.29, 0.717) is 23.5 Å². The normalized spacial score (nSPS) is 11.0. The minimum absolute atomic E-state index is 0.289. The van der Waals surface area contributed by atoms with Crippen molar-refractivity contribution in [1.82, 2.24) is 5.32 Å². The van der Waals surface area contributed by atoms with E-state index in [-0.39, 0.29) is 6.03 Å². The summed E-state index contributed by atoms with van der Waals surface area (Å²) in [4.78, 5) is 24.2. The number of nitrogens with one attached hydrogen (secondary N) is 2. The molecule has 2 N–H and O–H groups in total. The van der Waals surface area contributed by atoms with Crippen molar-refractivity contribution in [3.63, 3.8) is 0 Å². The third kappa shape index (κ3) is 7.54. The van der Waals surface area contributed by atoms with Crippen molar-refractivity contribution in [2.75, 3.05) is 18.5 Å². The molecule has 150 valence electrons. The molecule has 7 heteroatoms. The zero-order chi connectivity index (χ0) is 20.4. The van der Waals surface area contributed by atoms with Crippen molar-refractivity contribution in [2.45, 2.75) is 32.5 Å². The van der Waals surface area contributed by atoms with Crippen molar-refractivity contribution in [2.24, 2.45) is 0 Å². The zero-order valence-corrected chi connectivity index (χ0v) is 17.7. The fourth-order valence-corrected chi connectivity index (χ4v) is 4.69. The monoisotopic (exact) mass is 400 g/mol. The fourth-order valence-electron chi connectivity index (χ4n) is 2.73. The minimum Gasteiger partial charge on any atom is -0.423 e. The smallest absolute Gasteiger partial charge is 0.343 e. The Bertz CT molecular complexity index is 781. The highest BCUT2D eigenvalue weighted by Gasteiger charge is 2.20. The Kier molecular flexibility index (Phi) is 8.22. The highest BCUT2D eigenvalue weighted by atomic mass is 28.4. The molecule has 0 bridgehead atoms. The van der Waals surface area contributed by atoms with Crippen LogP contribution < -0.4 is 15.4 Å². The Morgan fingerprint density at radius 3 is 2.50 bits per heavy atom. The Balaban J connectivity index is 1.80. The summed E-state index contributed by atoms with van der Waals surface area (Å²) in [6.45, 7) is 7.68. The molecule has 0 aliphatic heterocycles. The third-order valence-corrected chi connectivity index (χ3v) is 6.72. The maximum absolute atomic E-state index is 12.1. The molecular weight excluding hydrogens is 372 g/mol. The number of anilines is 1. The van der Waals surface area contributed by atoms with Gasteiger partial charge in [0.2, 0.25) is 0 Å². The number of urea groups is 1. The predicted molar refractivity (Wildman–Crippen MR) is 113 cm³/mol. The van der Waals surface area contributed by atoms with E-state index in [0.717, 1.165) is 19.1 Å². The minimum atomic E-state index is -1.62. The average Bonchev–Trinajstić information content (AvgIpc) is 2.66. The van der Waals surface area contributed by atoms with Crippen molar-refractivity contribution in [3.8, 4) is 5.75 Å². The summed E-state index contributed by atoms with van der Waals surface area (Å²) in [6, 6.07) is 16.2. The van der Waals surface area contributed by atoms with Gasteiger partial charge in [-0.05, 0) is 56.7 Å². The summed E-state index contributed by atoms with van der Waals surface area (Å²) >= 11 is 0. The van der Waals surface area contributed by atoms with E-state index in [1.165, 1.54) is 0 Å². The predicted octanol–water partition coefficient (Wildman–Crippen LogP) is 4.66. The number of hydrogen-bond donors (Lipinski definition) is 2. The molecule has 2 aromatic rings. The van der Waals surface area contributed by atoms with E-state index in [1.54, 1.807) is 48.5 Å². The molecule has 0 aliphatic carbocycles. The molecule has 0 unspecified atom stereocenters. The van der Waals surface area contributed by atoms with Gasteiger partial charge in [-0.3, -0.25) is 0 Å². The van der Waals surface area contributed by atoms with Gasteiger partial charge in [0.05, 0.1) is 5.56 Å². The molecule has 0 saturated heterocycles. The Labute approximate surface area is 167 Å². The van der Waals surface area contributed by atoms with Gasteiger partial charge < -0.3 is 19.8 Å². The lowest BCUT2D eigenvalue weighted by molar-refractivity contribution is 0.0735. The summed E-state index contributed by atoms with van der Waals surface area (Å²) in [5.41, 5.74) is 1.03. The van der Waals surface area contributed by atoms with Crippen molar-refractivity contribution in [3.05, 3.63) is 60.2 Å². The third-order valence-electron chi connectivity index (χ3n) is 4.09. The summed E-state index contributed by atoms with van der Waals surface area (Å²) in [6.07, 6.45) is 0.876. The van der Waals surface area contributed by atoms with Gasteiger partial charge in [0, 0.05) is 24.9 Å². The molecule has 0 atom stereocenters. The second kappa shape index (κ2) is 10.6. The lowest BCUT2D eigenvalue weighted by Gasteiger charge is -2.21. The first kappa shape index (κ1) is 21.7. The number of carbonyl (C=O) groups excluding carboxylic acids is 2. The molecule has 0 heterocycles. The van der Waals surface area contributed by atoms with Crippen LogP contribution in [-0.4, -0.2) is 33.5 Å². The maximum Gasteiger partial charge on any atom is 0.343 e. The molecule has 28 heavy (non-hydrogen) atoms. The lowest BCUT2D eigenvalue weighted by atomic mass is 10.2. The number of esters is 1. The van der Waals surface area contributed by atoms with Gasteiger partial charge in [-0.15, -0.1) is 0 Å². The fraction of sp³-hybridized carbons (Fsp3) is 0.333. The molecule has 2 amide bonds. The summed E-state index contributed by atoms with van der Waals surface area (Å²) in [5, 5.41) is 5.60. The maximum atomic E-state index is 12.1. The van der Waals surface area contributed by atoms with E-state index < -0.39 is 14.3 Å². The van der Waals surface area contributed by atoms with E-state index in [2.05, 4.69) is 23.7 Å². The van der Waals surface area contributed by atoms with Gasteiger partial charge in [-0.1, -0.05) is 24.3 Å². The molecule has 0 fully saturated rings. The van der Waals surface area contributed by atoms with Crippen LogP contribution in [0.25, 0.3) is 0 Å². The SMILES string of the molecule is CCO[Si](C)(C)CCCNC(=O)Nc1cccc(OC(=O)c2ccccc2)c1. The van der Waals surface area contributed by atoms with Crippen LogP contribution in [0.1, 0.15) is 23.7 Å². The number of benzene rings is 2. The summed E-state index contributed by atoms with van der Waals surface area (Å²) in [7, 11) is -1.62. The molecule has 2 rings (SSSR count). The van der Waals surface area contributed by atoms with Crippen molar-refractivity contribution >= 4 is 26.0 Å². The molecule has 2 aromatic carbocycles. The number of rotatable bonds is 9. The first-order valence-corrected chi connectivity index (χ1v) is 12.6. The summed E-state index contributed by atoms with van der Waals surface area (Å²) in [5.74, 6) is -0.0700. The van der Waals surface area contributed by atoms with E-state index in [1.807, 2.05) is 13.0 Å². The van der Waals surface area contributed by atoms with Crippen LogP contribution in [0.2, 0.25) is 19.1 Å². The second-order valence-electron chi connectivity index (χ2n) is 6.96. The van der Waals surface area contributed by atoms with Crippen molar-refractivity contribution in [1.29, 1.82) is 0 Å². The number of amides is 2. The van der Waals surface area contributed by atoms with E-state index in [4.69, 9.17) is 9.16 Å². The van der Waals surface area contributed by atoms with Crippen LogP contribution in [0.15, 0.2) is 54.6 Å². The Hall–Kier alpha value is -2.64. The standard InChI is InChI=1S/C21H28N2O4Si/c1-4-26-28(2,3)15-9-14-22-21(25)23-18-12-8-13-19(16-18)27-20(24)17-10-6-5-7-11-17/h5-8,10-13,16H,4,9,14-15H2,1-3H3,(H2,22,23,25). The number of carbonyl (C=O) groups is 2. The largest absolute Gasteiger partial charge is 0.423 e. The van der Waals surface area contributed by atoms with Gasteiger partial charge in [-0.25, -0.2) is 9.59 Å². The zero-order valence-electron chi connectivity index (χ0n) is 16.7. The highest BCUT2D eigenvalue weighted by molar-refractivity contribution is 6.71. The molecular formula is C21H28N2O4Si. The highest BCUT2D eigenvalue weighted by Crippen LogP contribution is 2.19. The van der Waals surface area contributed by atoms with Gasteiger partial charge >= 0.3 is 12.0 Å². The van der Waals surface area contributed by atoms with Gasteiger partial charge in [0.25, 0.3) is 0 Å². The first-order valence-electron chi connectivity index (χ1n) is 9.46. The number of hydrogen-bond acceptors (Lipinski definition) is 4. The van der Waals surface area contributed by atoms with Gasteiger partial charge in [0.1, 0.15) is 5.75 Å². The molecule has 0 saturated carbocycles. The van der Waals surface area contributed by atoms with E-state index >= 15 is 0 Å². The first-order chi connectivity index (χ1) is 13.4. The van der Waals surface area contributed by atoms with Gasteiger partial charge in [0.15, 0.2) is 8.32 Å². The lowest BCUT2D eigenvalue weighted by Crippen LogP contribution is -2.33.